The number of ether oxygens (including phenoxy) is 1. The lowest BCUT2D eigenvalue weighted by Crippen LogP contribution is -2.40. The minimum atomic E-state index is -0.878. The fourth-order valence-electron chi connectivity index (χ4n) is 4.08. The molecule has 5 atom stereocenters. The number of hydrogen-bond acceptors (Lipinski definition) is 7. The standard InChI is InChI=1S/C26H41NO4S2/c1-16-9-8-10-17(2)25(30)19(4)33-26(6,7)23(28)14-24(29)31-22(12-11-16)18(3)13-21-15-32-20(5)27-21/h11,13,15,17,19,22-23,25,28,30H,8-10,12,14H2,1-7H3/b16-11?,18-13+. The topological polar surface area (TPSA) is 79.7 Å². The number of thioether (sulfide) groups is 1. The van der Waals surface area contributed by atoms with Gasteiger partial charge in [0.15, 0.2) is 0 Å². The monoisotopic (exact) mass is 495 g/mol. The first-order valence-corrected chi connectivity index (χ1v) is 13.6. The van der Waals surface area contributed by atoms with Crippen molar-refractivity contribution in [1.29, 1.82) is 0 Å². The molecule has 33 heavy (non-hydrogen) atoms. The third-order valence-corrected chi connectivity index (χ3v) is 8.74. The Labute approximate surface area is 207 Å². The van der Waals surface area contributed by atoms with Crippen molar-refractivity contribution in [3.05, 3.63) is 33.3 Å². The van der Waals surface area contributed by atoms with Crippen molar-refractivity contribution >= 4 is 35.1 Å². The number of carbonyl (C=O) groups is 1. The van der Waals surface area contributed by atoms with Crippen LogP contribution in [-0.2, 0) is 9.53 Å². The molecule has 1 aromatic rings. The fraction of sp³-hybridized carbons (Fsp3) is 0.692. The van der Waals surface area contributed by atoms with Crippen LogP contribution >= 0.6 is 23.1 Å². The number of nitrogens with zero attached hydrogens (tertiary/aromatic N) is 1. The number of aliphatic hydroxyl groups excluding tert-OH is 2. The lowest BCUT2D eigenvalue weighted by Gasteiger charge is -2.35. The molecule has 0 fully saturated rings. The summed E-state index contributed by atoms with van der Waals surface area (Å²) in [5, 5.41) is 24.6. The van der Waals surface area contributed by atoms with Gasteiger partial charge in [-0.05, 0) is 71.4 Å². The highest BCUT2D eigenvalue weighted by Gasteiger charge is 2.35. The summed E-state index contributed by atoms with van der Waals surface area (Å²) in [6, 6.07) is 0. The minimum absolute atomic E-state index is 0.0512. The van der Waals surface area contributed by atoms with Gasteiger partial charge >= 0.3 is 5.97 Å². The first-order chi connectivity index (χ1) is 15.4. The number of esters is 1. The van der Waals surface area contributed by atoms with Crippen molar-refractivity contribution in [2.45, 2.75) is 109 Å². The molecule has 7 heteroatoms. The maximum atomic E-state index is 12.8. The van der Waals surface area contributed by atoms with Gasteiger partial charge in [0, 0.05) is 21.8 Å². The Morgan fingerprint density at radius 3 is 2.61 bits per heavy atom. The molecule has 186 valence electrons. The second-order valence-electron chi connectivity index (χ2n) is 9.95. The van der Waals surface area contributed by atoms with Gasteiger partial charge in [-0.15, -0.1) is 23.1 Å². The van der Waals surface area contributed by atoms with E-state index in [1.165, 1.54) is 17.3 Å². The van der Waals surface area contributed by atoms with Gasteiger partial charge in [0.1, 0.15) is 6.10 Å². The number of hydrogen-bond donors (Lipinski definition) is 2. The van der Waals surface area contributed by atoms with E-state index in [1.807, 2.05) is 46.1 Å². The Morgan fingerprint density at radius 2 is 1.97 bits per heavy atom. The summed E-state index contributed by atoms with van der Waals surface area (Å²) in [5.41, 5.74) is 3.07. The first-order valence-electron chi connectivity index (χ1n) is 11.9. The van der Waals surface area contributed by atoms with Gasteiger partial charge < -0.3 is 14.9 Å². The van der Waals surface area contributed by atoms with E-state index in [0.29, 0.717) is 6.42 Å². The van der Waals surface area contributed by atoms with Gasteiger partial charge in [0.2, 0.25) is 0 Å². The molecule has 0 bridgehead atoms. The summed E-state index contributed by atoms with van der Waals surface area (Å²) < 4.78 is 5.28. The maximum absolute atomic E-state index is 12.8. The van der Waals surface area contributed by atoms with Crippen LogP contribution in [0.2, 0.25) is 0 Å². The molecular formula is C26H41NO4S2. The molecule has 1 aliphatic heterocycles. The van der Waals surface area contributed by atoms with Crippen LogP contribution in [0.5, 0.6) is 0 Å². The Hall–Kier alpha value is -1.15. The number of allylic oxidation sites excluding steroid dienone is 1. The number of rotatable bonds is 2. The van der Waals surface area contributed by atoms with Crippen molar-refractivity contribution in [2.24, 2.45) is 5.92 Å². The van der Waals surface area contributed by atoms with Crippen molar-refractivity contribution in [3.8, 4) is 0 Å². The van der Waals surface area contributed by atoms with E-state index < -0.39 is 29.0 Å². The van der Waals surface area contributed by atoms with Crippen LogP contribution in [0.1, 0.15) is 84.3 Å². The molecule has 0 amide bonds. The number of carbonyl (C=O) groups excluding carboxylic acids is 1. The normalized spacial score (nSPS) is 31.1. The van der Waals surface area contributed by atoms with E-state index in [2.05, 4.69) is 24.9 Å². The average molecular weight is 496 g/mol. The zero-order valence-electron chi connectivity index (χ0n) is 21.1. The summed E-state index contributed by atoms with van der Waals surface area (Å²) in [6.45, 7) is 14.0. The molecule has 1 aromatic heterocycles. The van der Waals surface area contributed by atoms with Crippen molar-refractivity contribution in [3.63, 3.8) is 0 Å². The van der Waals surface area contributed by atoms with E-state index in [4.69, 9.17) is 4.74 Å². The Bertz CT molecular complexity index is 845. The molecule has 5 nitrogen and oxygen atoms in total. The van der Waals surface area contributed by atoms with Gasteiger partial charge in [-0.2, -0.15) is 0 Å². The third kappa shape index (κ3) is 8.85. The van der Waals surface area contributed by atoms with Gasteiger partial charge in [0.25, 0.3) is 0 Å². The second-order valence-corrected chi connectivity index (χ2v) is 13.0. The number of aromatic nitrogens is 1. The number of thiazole rings is 1. The SMILES string of the molecule is CC1=CCC(/C(C)=C/c2csc(C)n2)OC(=O)CC(O)C(C)(C)SC(C)C(O)C(C)CCC1. The van der Waals surface area contributed by atoms with Crippen molar-refractivity contribution < 1.29 is 19.7 Å². The van der Waals surface area contributed by atoms with Gasteiger partial charge in [-0.3, -0.25) is 4.79 Å². The van der Waals surface area contributed by atoms with Crippen LogP contribution in [0.15, 0.2) is 22.6 Å². The van der Waals surface area contributed by atoms with Gasteiger partial charge in [0.05, 0.1) is 29.3 Å². The molecule has 0 saturated carbocycles. The molecule has 0 spiro atoms. The Morgan fingerprint density at radius 1 is 1.27 bits per heavy atom. The summed E-state index contributed by atoms with van der Waals surface area (Å²) >= 11 is 3.13. The molecule has 2 heterocycles. The predicted molar refractivity (Wildman–Crippen MR) is 140 cm³/mol. The quantitative estimate of drug-likeness (QED) is 0.391. The van der Waals surface area contributed by atoms with Crippen molar-refractivity contribution in [2.75, 3.05) is 0 Å². The van der Waals surface area contributed by atoms with Gasteiger partial charge in [-0.25, -0.2) is 4.98 Å². The summed E-state index contributed by atoms with van der Waals surface area (Å²) in [4.78, 5) is 17.3. The van der Waals surface area contributed by atoms with Crippen LogP contribution in [-0.4, -0.2) is 49.5 Å². The molecular weight excluding hydrogens is 454 g/mol. The molecule has 2 N–H and O–H groups in total. The minimum Gasteiger partial charge on any atom is -0.457 e. The summed E-state index contributed by atoms with van der Waals surface area (Å²) in [6.07, 6.45) is 5.79. The molecule has 0 saturated heterocycles. The van der Waals surface area contributed by atoms with Gasteiger partial charge in [-0.1, -0.05) is 25.5 Å². The van der Waals surface area contributed by atoms with Crippen molar-refractivity contribution in [1.82, 2.24) is 4.98 Å². The van der Waals surface area contributed by atoms with E-state index in [-0.39, 0.29) is 17.6 Å². The first kappa shape index (κ1) is 28.1. The largest absolute Gasteiger partial charge is 0.457 e. The van der Waals surface area contributed by atoms with Crippen LogP contribution in [0.25, 0.3) is 6.08 Å². The van der Waals surface area contributed by atoms with E-state index in [1.54, 1.807) is 11.3 Å². The highest BCUT2D eigenvalue weighted by molar-refractivity contribution is 8.01. The van der Waals surface area contributed by atoms with E-state index in [9.17, 15) is 15.0 Å². The molecule has 0 aliphatic carbocycles. The average Bonchev–Trinajstić information content (AvgIpc) is 3.13. The van der Waals surface area contributed by atoms with E-state index >= 15 is 0 Å². The molecule has 1 aliphatic rings. The molecule has 2 rings (SSSR count). The third-order valence-electron chi connectivity index (χ3n) is 6.42. The predicted octanol–water partition coefficient (Wildman–Crippen LogP) is 5.94. The highest BCUT2D eigenvalue weighted by Crippen LogP contribution is 2.37. The number of aliphatic hydroxyl groups is 2. The maximum Gasteiger partial charge on any atom is 0.309 e. The van der Waals surface area contributed by atoms with E-state index in [0.717, 1.165) is 35.5 Å². The number of aryl methyl sites for hydroxylation is 1. The van der Waals surface area contributed by atoms with Crippen LogP contribution in [0.4, 0.5) is 0 Å². The second kappa shape index (κ2) is 12.5. The van der Waals surface area contributed by atoms with Crippen LogP contribution in [0, 0.1) is 12.8 Å². The lowest BCUT2D eigenvalue weighted by atomic mass is 9.94. The zero-order valence-corrected chi connectivity index (χ0v) is 22.8. The Kier molecular flexibility index (Phi) is 10.7. The van der Waals surface area contributed by atoms with Crippen LogP contribution in [0.3, 0.4) is 0 Å². The molecule has 0 radical (unpaired) electrons. The summed E-state index contributed by atoms with van der Waals surface area (Å²) in [5.74, 6) is -0.242. The highest BCUT2D eigenvalue weighted by atomic mass is 32.2. The summed E-state index contributed by atoms with van der Waals surface area (Å²) in [7, 11) is 0. The number of cyclic esters (lactones) is 1. The zero-order chi connectivity index (χ0) is 24.8. The molecule has 5 unspecified atom stereocenters. The Balaban J connectivity index is 2.27. The lowest BCUT2D eigenvalue weighted by molar-refractivity contribution is -0.149. The smallest absolute Gasteiger partial charge is 0.309 e. The molecule has 0 aromatic carbocycles. The van der Waals surface area contributed by atoms with Crippen LogP contribution < -0.4 is 0 Å². The fourth-order valence-corrected chi connectivity index (χ4v) is 6.26.